The molecule has 2 saturated heterocycles. The Bertz CT molecular complexity index is 2870. The predicted molar refractivity (Wildman–Crippen MR) is 268 cm³/mol. The number of carbonyl (C=O) groups is 1. The van der Waals surface area contributed by atoms with Gasteiger partial charge in [-0.1, -0.05) is 44.5 Å². The van der Waals surface area contributed by atoms with Crippen LogP contribution >= 0.6 is 0 Å². The van der Waals surface area contributed by atoms with Gasteiger partial charge >= 0.3 is 5.69 Å². The summed E-state index contributed by atoms with van der Waals surface area (Å²) >= 11 is 0. The number of sulfonamides is 1. The number of hydrogen-bond donors (Lipinski definition) is 4. The molecule has 71 heavy (non-hydrogen) atoms. The van der Waals surface area contributed by atoms with Crippen LogP contribution in [0.4, 0.5) is 21.6 Å². The minimum atomic E-state index is -4.75. The van der Waals surface area contributed by atoms with Gasteiger partial charge < -0.3 is 34.5 Å². The molecule has 5 aromatic rings. The molecular formula is C52H65FN8O9S. The van der Waals surface area contributed by atoms with E-state index in [2.05, 4.69) is 72.9 Å². The molecule has 17 nitrogen and oxygen atoms in total. The van der Waals surface area contributed by atoms with Crippen molar-refractivity contribution in [1.29, 1.82) is 0 Å². The Morgan fingerprint density at radius 1 is 1.03 bits per heavy atom. The van der Waals surface area contributed by atoms with E-state index in [-0.39, 0.29) is 63.8 Å². The molecule has 4 aliphatic rings. The zero-order chi connectivity index (χ0) is 50.2. The van der Waals surface area contributed by atoms with Gasteiger partial charge in [-0.3, -0.25) is 19.8 Å². The van der Waals surface area contributed by atoms with Crippen molar-refractivity contribution in [2.24, 2.45) is 11.3 Å². The van der Waals surface area contributed by atoms with Crippen LogP contribution < -0.4 is 24.4 Å². The third-order valence-electron chi connectivity index (χ3n) is 15.4. The molecule has 380 valence electrons. The maximum atomic E-state index is 15.0. The van der Waals surface area contributed by atoms with Crippen LogP contribution in [0.15, 0.2) is 71.9 Å². The summed E-state index contributed by atoms with van der Waals surface area (Å²) in [6, 6.07) is 16.6. The second kappa shape index (κ2) is 20.3. The summed E-state index contributed by atoms with van der Waals surface area (Å²) < 4.78 is 62.7. The number of benzene rings is 2. The zero-order valence-electron chi connectivity index (χ0n) is 41.1. The van der Waals surface area contributed by atoms with E-state index in [1.54, 1.807) is 26.0 Å². The number of carbonyl (C=O) groups excluding carboxylic acids is 1. The molecule has 9 rings (SSSR count). The molecule has 0 bridgehead atoms. The fourth-order valence-electron chi connectivity index (χ4n) is 11.1. The number of ether oxygens (including phenoxy) is 3. The van der Waals surface area contributed by atoms with E-state index in [0.717, 1.165) is 63.2 Å². The maximum absolute atomic E-state index is 15.0. The van der Waals surface area contributed by atoms with E-state index in [9.17, 15) is 28.4 Å². The van der Waals surface area contributed by atoms with Crippen LogP contribution in [-0.2, 0) is 14.8 Å². The predicted octanol–water partition coefficient (Wildman–Crippen LogP) is 9.04. The average molecular weight is 997 g/mol. The van der Waals surface area contributed by atoms with Gasteiger partial charge in [0.25, 0.3) is 21.8 Å². The van der Waals surface area contributed by atoms with E-state index in [1.165, 1.54) is 49.6 Å². The second-order valence-corrected chi connectivity index (χ2v) is 22.5. The first-order valence-corrected chi connectivity index (χ1v) is 26.3. The van der Waals surface area contributed by atoms with Gasteiger partial charge in [0.2, 0.25) is 5.82 Å². The first kappa shape index (κ1) is 50.1. The highest BCUT2D eigenvalue weighted by molar-refractivity contribution is 7.90. The highest BCUT2D eigenvalue weighted by atomic mass is 32.2. The Morgan fingerprint density at radius 3 is 2.49 bits per heavy atom. The summed E-state index contributed by atoms with van der Waals surface area (Å²) in [6.45, 7) is 12.1. The topological polar surface area (TPSA) is 214 Å². The number of fused-ring (bicyclic) bond motifs is 1. The number of nitro groups is 1. The number of anilines is 2. The standard InChI is InChI=1S/C52H65FN8O9S/c1-32(2)37-9-6-7-10-38(37)39-11-8-12-43(39)60-30-52(31-60)19-21-59(22-20-52)35-13-14-40(45(23-35)70-46-25-41-42(53)28-56-47(41)57-50(46)69-29-33(3)68-5)49(62)58-71(66,67)36-24-44(61(64)65)48(55-27-36)54-26-34-15-17-51(4,63)18-16-34/h6-7,9-10,13-14,23-25,27-28,32-34,39,43,63H,8,11-12,15-22,26,29-31H2,1-5H3,(H,54,55)(H,56,57)(H,58,62)/t33-,34?,39+,43+,51?/m1/s1. The van der Waals surface area contributed by atoms with Gasteiger partial charge in [0.15, 0.2) is 5.75 Å². The summed E-state index contributed by atoms with van der Waals surface area (Å²) in [4.78, 5) is 41.4. The van der Waals surface area contributed by atoms with Crippen LogP contribution in [0.2, 0.25) is 0 Å². The molecule has 3 atom stereocenters. The molecule has 2 saturated carbocycles. The Labute approximate surface area is 414 Å². The van der Waals surface area contributed by atoms with Crippen molar-refractivity contribution in [2.45, 2.75) is 120 Å². The van der Waals surface area contributed by atoms with E-state index >= 15 is 4.39 Å². The molecule has 2 aromatic carbocycles. The van der Waals surface area contributed by atoms with Crippen LogP contribution in [0.3, 0.4) is 0 Å². The van der Waals surface area contributed by atoms with Crippen LogP contribution in [0, 0.1) is 27.3 Å². The van der Waals surface area contributed by atoms with Crippen molar-refractivity contribution in [3.63, 3.8) is 0 Å². The molecule has 4 N–H and O–H groups in total. The van der Waals surface area contributed by atoms with Gasteiger partial charge in [0.05, 0.1) is 33.8 Å². The number of rotatable bonds is 17. The highest BCUT2D eigenvalue weighted by Crippen LogP contribution is 2.49. The zero-order valence-corrected chi connectivity index (χ0v) is 41.9. The molecule has 5 heterocycles. The number of likely N-dealkylation sites (tertiary alicyclic amines) is 1. The molecule has 2 aliphatic heterocycles. The molecule has 1 amide bonds. The number of methoxy groups -OCH3 is 1. The third kappa shape index (κ3) is 10.8. The van der Waals surface area contributed by atoms with Crippen molar-refractivity contribution >= 4 is 44.2 Å². The van der Waals surface area contributed by atoms with Crippen molar-refractivity contribution in [1.82, 2.24) is 24.6 Å². The lowest BCUT2D eigenvalue weighted by Gasteiger charge is -2.57. The number of H-pyrrole nitrogens is 1. The summed E-state index contributed by atoms with van der Waals surface area (Å²) in [5, 5.41) is 25.6. The molecular weight excluding hydrogens is 932 g/mol. The molecule has 3 aromatic heterocycles. The highest BCUT2D eigenvalue weighted by Gasteiger charge is 2.49. The van der Waals surface area contributed by atoms with Crippen LogP contribution in [-0.4, -0.2) is 108 Å². The number of aromatic nitrogens is 3. The van der Waals surface area contributed by atoms with Gasteiger partial charge in [0, 0.05) is 76.0 Å². The maximum Gasteiger partial charge on any atom is 0.312 e. The Balaban J connectivity index is 0.951. The van der Waals surface area contributed by atoms with E-state index in [4.69, 9.17) is 14.2 Å². The molecule has 2 aliphatic carbocycles. The Morgan fingerprint density at radius 2 is 1.77 bits per heavy atom. The lowest BCUT2D eigenvalue weighted by molar-refractivity contribution is -0.384. The monoisotopic (exact) mass is 996 g/mol. The van der Waals surface area contributed by atoms with Crippen LogP contribution in [0.25, 0.3) is 11.0 Å². The summed E-state index contributed by atoms with van der Waals surface area (Å²) in [6.07, 6.45) is 9.92. The molecule has 0 radical (unpaired) electrons. The summed E-state index contributed by atoms with van der Waals surface area (Å²) in [5.74, 6) is -0.793. The molecule has 19 heteroatoms. The third-order valence-corrected chi connectivity index (χ3v) is 16.7. The molecule has 0 unspecified atom stereocenters. The molecule has 1 spiro atoms. The van der Waals surface area contributed by atoms with Crippen molar-refractivity contribution < 1.29 is 41.8 Å². The lowest BCUT2D eigenvalue weighted by Crippen LogP contribution is -2.63. The van der Waals surface area contributed by atoms with Crippen molar-refractivity contribution in [3.05, 3.63) is 99.6 Å². The molecule has 4 fully saturated rings. The summed E-state index contributed by atoms with van der Waals surface area (Å²) in [5.41, 5.74) is 2.54. The van der Waals surface area contributed by atoms with E-state index in [0.29, 0.717) is 50.1 Å². The minimum absolute atomic E-state index is 0.0262. The fourth-order valence-corrected chi connectivity index (χ4v) is 12.0. The van der Waals surface area contributed by atoms with Gasteiger partial charge in [-0.2, -0.15) is 4.98 Å². The van der Waals surface area contributed by atoms with Crippen molar-refractivity contribution in [3.8, 4) is 17.4 Å². The lowest BCUT2D eigenvalue weighted by atomic mass is 9.70. The van der Waals surface area contributed by atoms with Gasteiger partial charge in [-0.25, -0.2) is 22.5 Å². The largest absolute Gasteiger partial charge is 0.472 e. The first-order valence-electron chi connectivity index (χ1n) is 24.8. The van der Waals surface area contributed by atoms with Crippen LogP contribution in [0.5, 0.6) is 17.4 Å². The number of amides is 1. The van der Waals surface area contributed by atoms with Gasteiger partial charge in [-0.15, -0.1) is 0 Å². The minimum Gasteiger partial charge on any atom is -0.472 e. The SMILES string of the molecule is CO[C@H](C)COc1nc2[nH]cc(F)c2cc1Oc1cc(N2CCC3(CC2)CN([C@H]2CCC[C@H]2c2ccccc2C(C)C)C3)ccc1C(=O)NS(=O)(=O)c1cnc(NCC2CCC(C)(O)CC2)c([N+](=O)[O-])c1. The number of piperidine rings is 1. The average Bonchev–Trinajstić information content (AvgIpc) is 3.97. The number of aromatic amines is 1. The van der Waals surface area contributed by atoms with E-state index < -0.39 is 42.9 Å². The first-order chi connectivity index (χ1) is 33.9. The number of halogens is 1. The number of aliphatic hydroxyl groups is 1. The van der Waals surface area contributed by atoms with Gasteiger partial charge in [-0.05, 0) is 112 Å². The second-order valence-electron chi connectivity index (χ2n) is 20.8. The quantitative estimate of drug-likeness (QED) is 0.0506. The van der Waals surface area contributed by atoms with E-state index in [1.807, 2.05) is 0 Å². The number of hydrogen-bond acceptors (Lipinski definition) is 14. The Hall–Kier alpha value is -5.89. The van der Waals surface area contributed by atoms with Crippen molar-refractivity contribution in [2.75, 3.05) is 56.7 Å². The normalized spacial score (nSPS) is 22.9. The fraction of sp³-hybridized carbons (Fsp3) is 0.519. The Kier molecular flexibility index (Phi) is 14.3. The van der Waals surface area contributed by atoms with Crippen LogP contribution in [0.1, 0.15) is 119 Å². The smallest absolute Gasteiger partial charge is 0.312 e. The van der Waals surface area contributed by atoms with Gasteiger partial charge in [0.1, 0.15) is 28.7 Å². The number of pyridine rings is 2. The number of nitrogens with zero attached hydrogens (tertiary/aromatic N) is 5. The summed E-state index contributed by atoms with van der Waals surface area (Å²) in [7, 11) is -3.22. The number of nitrogens with one attached hydrogen (secondary N) is 3.